The largest absolute Gasteiger partial charge is 0.339 e. The van der Waals surface area contributed by atoms with E-state index in [1.165, 1.54) is 6.42 Å². The summed E-state index contributed by atoms with van der Waals surface area (Å²) < 4.78 is 0. The number of hydrogen-bond donors (Lipinski definition) is 1. The minimum Gasteiger partial charge on any atom is -0.339 e. The van der Waals surface area contributed by atoms with Crippen molar-refractivity contribution in [2.75, 3.05) is 13.6 Å². The van der Waals surface area contributed by atoms with Crippen molar-refractivity contribution >= 4 is 5.91 Å². The van der Waals surface area contributed by atoms with Gasteiger partial charge in [0.2, 0.25) is 5.82 Å². The van der Waals surface area contributed by atoms with E-state index in [0.717, 1.165) is 24.7 Å². The molecule has 1 aromatic heterocycles. The van der Waals surface area contributed by atoms with E-state index in [1.807, 2.05) is 14.0 Å². The summed E-state index contributed by atoms with van der Waals surface area (Å²) in [6.07, 6.45) is 2.00. The number of amides is 1. The van der Waals surface area contributed by atoms with Gasteiger partial charge in [-0.2, -0.15) is 0 Å². The highest BCUT2D eigenvalue weighted by Gasteiger charge is 2.34. The standard InChI is InChI=1S/C11H18N4O/c1-4-9-12-10(14-13-9)11(16)15(3)6-8-5-7(8)2/h7-8H,4-6H2,1-3H3,(H,12,13,14). The average Bonchev–Trinajstić information content (AvgIpc) is 2.82. The Morgan fingerprint density at radius 3 is 2.81 bits per heavy atom. The second-order valence-corrected chi connectivity index (χ2v) is 4.62. The molecule has 0 aliphatic heterocycles. The lowest BCUT2D eigenvalue weighted by Gasteiger charge is -2.14. The van der Waals surface area contributed by atoms with E-state index < -0.39 is 0 Å². The molecule has 1 aliphatic rings. The third-order valence-corrected chi connectivity index (χ3v) is 3.19. The number of hydrogen-bond acceptors (Lipinski definition) is 3. The van der Waals surface area contributed by atoms with E-state index in [0.29, 0.717) is 5.92 Å². The van der Waals surface area contributed by atoms with Crippen molar-refractivity contribution in [2.45, 2.75) is 26.7 Å². The second kappa shape index (κ2) is 4.23. The summed E-state index contributed by atoms with van der Waals surface area (Å²) >= 11 is 0. The van der Waals surface area contributed by atoms with Crippen molar-refractivity contribution in [3.8, 4) is 0 Å². The van der Waals surface area contributed by atoms with Crippen molar-refractivity contribution in [3.63, 3.8) is 0 Å². The molecule has 1 heterocycles. The van der Waals surface area contributed by atoms with Crippen LogP contribution in [-0.4, -0.2) is 39.6 Å². The minimum absolute atomic E-state index is 0.0879. The Hall–Kier alpha value is -1.39. The van der Waals surface area contributed by atoms with E-state index >= 15 is 0 Å². The first-order chi connectivity index (χ1) is 7.61. The zero-order valence-corrected chi connectivity index (χ0v) is 10.0. The van der Waals surface area contributed by atoms with E-state index in [9.17, 15) is 4.79 Å². The summed E-state index contributed by atoms with van der Waals surface area (Å²) in [4.78, 5) is 17.8. The smallest absolute Gasteiger partial charge is 0.293 e. The molecule has 5 nitrogen and oxygen atoms in total. The first-order valence-electron chi connectivity index (χ1n) is 5.78. The molecule has 5 heteroatoms. The molecule has 1 aliphatic carbocycles. The molecular formula is C11H18N4O. The Labute approximate surface area is 95.2 Å². The summed E-state index contributed by atoms with van der Waals surface area (Å²) in [5.41, 5.74) is 0. The molecule has 0 radical (unpaired) electrons. The van der Waals surface area contributed by atoms with E-state index in [4.69, 9.17) is 0 Å². The van der Waals surface area contributed by atoms with E-state index in [1.54, 1.807) is 4.90 Å². The van der Waals surface area contributed by atoms with Gasteiger partial charge in [0, 0.05) is 20.0 Å². The Morgan fingerprint density at radius 2 is 2.31 bits per heavy atom. The molecule has 1 N–H and O–H groups in total. The Kier molecular flexibility index (Phi) is 2.94. The Bertz CT molecular complexity index is 387. The second-order valence-electron chi connectivity index (χ2n) is 4.62. The topological polar surface area (TPSA) is 61.9 Å². The maximum Gasteiger partial charge on any atom is 0.293 e. The first kappa shape index (κ1) is 11.1. The fourth-order valence-corrected chi connectivity index (χ4v) is 1.81. The van der Waals surface area contributed by atoms with Crippen molar-refractivity contribution in [3.05, 3.63) is 11.6 Å². The fourth-order valence-electron chi connectivity index (χ4n) is 1.81. The number of aromatic nitrogens is 3. The SMILES string of the molecule is CCc1nc(C(=O)N(C)CC2CC2C)n[nH]1. The molecule has 16 heavy (non-hydrogen) atoms. The molecule has 1 fully saturated rings. The van der Waals surface area contributed by atoms with Crippen LogP contribution < -0.4 is 0 Å². The first-order valence-corrected chi connectivity index (χ1v) is 5.78. The third-order valence-electron chi connectivity index (χ3n) is 3.19. The number of carbonyl (C=O) groups is 1. The summed E-state index contributed by atoms with van der Waals surface area (Å²) in [7, 11) is 1.81. The summed E-state index contributed by atoms with van der Waals surface area (Å²) in [6, 6.07) is 0. The van der Waals surface area contributed by atoms with Gasteiger partial charge >= 0.3 is 0 Å². The molecule has 2 unspecified atom stereocenters. The van der Waals surface area contributed by atoms with Gasteiger partial charge in [0.05, 0.1) is 0 Å². The lowest BCUT2D eigenvalue weighted by atomic mass is 10.3. The summed E-state index contributed by atoms with van der Waals surface area (Å²) in [6.45, 7) is 5.01. The van der Waals surface area contributed by atoms with Crippen LogP contribution in [0.4, 0.5) is 0 Å². The number of rotatable bonds is 4. The monoisotopic (exact) mass is 222 g/mol. The predicted octanol–water partition coefficient (Wildman–Crippen LogP) is 1.10. The summed E-state index contributed by atoms with van der Waals surface area (Å²) in [5, 5.41) is 6.69. The highest BCUT2D eigenvalue weighted by atomic mass is 16.2. The Balaban J connectivity index is 1.95. The minimum atomic E-state index is -0.0879. The normalized spacial score (nSPS) is 23.2. The zero-order chi connectivity index (χ0) is 11.7. The fraction of sp³-hybridized carbons (Fsp3) is 0.727. The molecule has 0 aromatic carbocycles. The van der Waals surface area contributed by atoms with Crippen LogP contribution in [-0.2, 0) is 6.42 Å². The van der Waals surface area contributed by atoms with Gasteiger partial charge in [-0.25, -0.2) is 4.98 Å². The van der Waals surface area contributed by atoms with Gasteiger partial charge < -0.3 is 4.90 Å². The van der Waals surface area contributed by atoms with Crippen LogP contribution in [0.5, 0.6) is 0 Å². The highest BCUT2D eigenvalue weighted by Crippen LogP contribution is 2.38. The van der Waals surface area contributed by atoms with Crippen LogP contribution in [0, 0.1) is 11.8 Å². The van der Waals surface area contributed by atoms with Gasteiger partial charge in [-0.05, 0) is 18.3 Å². The number of aryl methyl sites for hydroxylation is 1. The highest BCUT2D eigenvalue weighted by molar-refractivity contribution is 5.90. The van der Waals surface area contributed by atoms with Crippen LogP contribution in [0.25, 0.3) is 0 Å². The lowest BCUT2D eigenvalue weighted by molar-refractivity contribution is 0.0775. The number of H-pyrrole nitrogens is 1. The molecule has 2 rings (SSSR count). The van der Waals surface area contributed by atoms with Crippen molar-refractivity contribution in [2.24, 2.45) is 11.8 Å². The van der Waals surface area contributed by atoms with Gasteiger partial charge in [-0.3, -0.25) is 9.89 Å². The molecule has 1 saturated carbocycles. The van der Waals surface area contributed by atoms with Crippen LogP contribution in [0.1, 0.15) is 36.7 Å². The van der Waals surface area contributed by atoms with E-state index in [-0.39, 0.29) is 11.7 Å². The van der Waals surface area contributed by atoms with Crippen molar-refractivity contribution in [1.29, 1.82) is 0 Å². The number of aromatic amines is 1. The van der Waals surface area contributed by atoms with Crippen LogP contribution in [0.15, 0.2) is 0 Å². The molecule has 2 atom stereocenters. The molecule has 0 saturated heterocycles. The van der Waals surface area contributed by atoms with Crippen molar-refractivity contribution in [1.82, 2.24) is 20.1 Å². The predicted molar refractivity (Wildman–Crippen MR) is 60.0 cm³/mol. The van der Waals surface area contributed by atoms with Gasteiger partial charge in [0.15, 0.2) is 0 Å². The number of nitrogens with zero attached hydrogens (tertiary/aromatic N) is 3. The third kappa shape index (κ3) is 2.23. The molecule has 88 valence electrons. The van der Waals surface area contributed by atoms with Gasteiger partial charge in [-0.15, -0.1) is 5.10 Å². The molecular weight excluding hydrogens is 204 g/mol. The number of nitrogens with one attached hydrogen (secondary N) is 1. The quantitative estimate of drug-likeness (QED) is 0.829. The zero-order valence-electron chi connectivity index (χ0n) is 10.0. The molecule has 0 spiro atoms. The maximum atomic E-state index is 11.9. The van der Waals surface area contributed by atoms with Gasteiger partial charge in [-0.1, -0.05) is 13.8 Å². The van der Waals surface area contributed by atoms with Crippen LogP contribution in [0.3, 0.4) is 0 Å². The average molecular weight is 222 g/mol. The number of carbonyl (C=O) groups excluding carboxylic acids is 1. The van der Waals surface area contributed by atoms with Gasteiger partial charge in [0.1, 0.15) is 5.82 Å². The molecule has 1 amide bonds. The lowest BCUT2D eigenvalue weighted by Crippen LogP contribution is -2.30. The molecule has 0 bridgehead atoms. The Morgan fingerprint density at radius 1 is 1.62 bits per heavy atom. The maximum absolute atomic E-state index is 11.9. The van der Waals surface area contributed by atoms with Crippen molar-refractivity contribution < 1.29 is 4.79 Å². The van der Waals surface area contributed by atoms with Gasteiger partial charge in [0.25, 0.3) is 5.91 Å². The molecule has 1 aromatic rings. The van der Waals surface area contributed by atoms with Crippen LogP contribution >= 0.6 is 0 Å². The van der Waals surface area contributed by atoms with Crippen LogP contribution in [0.2, 0.25) is 0 Å². The summed E-state index contributed by atoms with van der Waals surface area (Å²) in [5.74, 6) is 2.38. The van der Waals surface area contributed by atoms with E-state index in [2.05, 4.69) is 22.1 Å².